The summed E-state index contributed by atoms with van der Waals surface area (Å²) < 4.78 is 30.4. The maximum atomic E-state index is 12.3. The molecule has 0 saturated carbocycles. The summed E-state index contributed by atoms with van der Waals surface area (Å²) in [7, 11) is -2.45. The lowest BCUT2D eigenvalue weighted by Gasteiger charge is -2.20. The van der Waals surface area contributed by atoms with Gasteiger partial charge in [-0.25, -0.2) is 18.2 Å². The third-order valence-electron chi connectivity index (χ3n) is 2.48. The number of aromatic nitrogens is 1. The molecule has 1 heterocycles. The third kappa shape index (κ3) is 3.97. The van der Waals surface area contributed by atoms with Gasteiger partial charge in [0.05, 0.1) is 18.8 Å². The summed E-state index contributed by atoms with van der Waals surface area (Å²) in [6, 6.07) is 2.28. The van der Waals surface area contributed by atoms with Crippen molar-refractivity contribution in [2.45, 2.75) is 5.03 Å². The molecule has 0 fully saturated rings. The van der Waals surface area contributed by atoms with Crippen molar-refractivity contribution < 1.29 is 28.2 Å². The number of carbonyl (C=O) groups is 1. The molecule has 0 aliphatic heterocycles. The Balaban J connectivity index is 3.02. The number of carboxylic acids is 1. The van der Waals surface area contributed by atoms with E-state index in [0.29, 0.717) is 0 Å². The van der Waals surface area contributed by atoms with E-state index in [1.54, 1.807) is 0 Å². The van der Waals surface area contributed by atoms with Crippen molar-refractivity contribution in [3.05, 3.63) is 23.9 Å². The van der Waals surface area contributed by atoms with Gasteiger partial charge in [-0.1, -0.05) is 0 Å². The van der Waals surface area contributed by atoms with Crippen LogP contribution in [0.3, 0.4) is 0 Å². The topological polar surface area (TPSA) is 117 Å². The Hall–Kier alpha value is -1.55. The van der Waals surface area contributed by atoms with Crippen molar-refractivity contribution >= 4 is 16.0 Å². The van der Waals surface area contributed by atoms with Gasteiger partial charge in [0.25, 0.3) is 10.0 Å². The molecule has 2 N–H and O–H groups in total. The molecule has 0 saturated heterocycles. The van der Waals surface area contributed by atoms with E-state index in [4.69, 9.17) is 14.9 Å². The lowest BCUT2D eigenvalue weighted by molar-refractivity contribution is 0.0696. The molecule has 0 amide bonds. The molecule has 0 spiro atoms. The molecule has 0 radical (unpaired) electrons. The minimum Gasteiger partial charge on any atom is -0.478 e. The number of rotatable bonds is 8. The van der Waals surface area contributed by atoms with Gasteiger partial charge in [-0.05, 0) is 12.1 Å². The predicted octanol–water partition coefficient (Wildman–Crippen LogP) is -0.591. The van der Waals surface area contributed by atoms with E-state index in [-0.39, 0.29) is 36.9 Å². The largest absolute Gasteiger partial charge is 0.478 e. The number of ether oxygens (including phenoxy) is 1. The van der Waals surface area contributed by atoms with Crippen molar-refractivity contribution in [2.75, 3.05) is 33.4 Å². The van der Waals surface area contributed by atoms with Crippen LogP contribution in [0.2, 0.25) is 0 Å². The second kappa shape index (κ2) is 7.29. The summed E-state index contributed by atoms with van der Waals surface area (Å²) in [5.41, 5.74) is -0.102. The summed E-state index contributed by atoms with van der Waals surface area (Å²) in [6.07, 6.45) is 0.975. The van der Waals surface area contributed by atoms with Crippen molar-refractivity contribution in [1.29, 1.82) is 0 Å². The Morgan fingerprint density at radius 3 is 2.55 bits per heavy atom. The zero-order valence-corrected chi connectivity index (χ0v) is 11.7. The Labute approximate surface area is 116 Å². The Morgan fingerprint density at radius 2 is 2.10 bits per heavy atom. The lowest BCUT2D eigenvalue weighted by Crippen LogP contribution is -2.36. The van der Waals surface area contributed by atoms with E-state index in [2.05, 4.69) is 4.98 Å². The molecule has 20 heavy (non-hydrogen) atoms. The highest BCUT2D eigenvalue weighted by molar-refractivity contribution is 7.89. The van der Waals surface area contributed by atoms with E-state index in [0.717, 1.165) is 22.6 Å². The van der Waals surface area contributed by atoms with Gasteiger partial charge in [0.1, 0.15) is 0 Å². The zero-order chi connectivity index (χ0) is 15.2. The van der Waals surface area contributed by atoms with Crippen LogP contribution in [0.15, 0.2) is 23.4 Å². The van der Waals surface area contributed by atoms with E-state index >= 15 is 0 Å². The molecule has 0 aromatic carbocycles. The summed E-state index contributed by atoms with van der Waals surface area (Å²) >= 11 is 0. The minimum absolute atomic E-state index is 0.0712. The van der Waals surface area contributed by atoms with Crippen LogP contribution in [0.5, 0.6) is 0 Å². The molecule has 1 aromatic rings. The fraction of sp³-hybridized carbons (Fsp3) is 0.455. The SMILES string of the molecule is COCCN(CCO)S(=O)(=O)c1ccc(C(=O)O)cn1. The quantitative estimate of drug-likeness (QED) is 0.659. The molecule has 9 heteroatoms. The van der Waals surface area contributed by atoms with E-state index in [1.807, 2.05) is 0 Å². The normalized spacial score (nSPS) is 11.8. The number of aliphatic hydroxyl groups is 1. The maximum absolute atomic E-state index is 12.3. The van der Waals surface area contributed by atoms with Gasteiger partial charge in [0.2, 0.25) is 0 Å². The molecule has 8 nitrogen and oxygen atoms in total. The van der Waals surface area contributed by atoms with Crippen LogP contribution < -0.4 is 0 Å². The summed E-state index contributed by atoms with van der Waals surface area (Å²) in [6.45, 7) is -0.182. The highest BCUT2D eigenvalue weighted by Crippen LogP contribution is 2.13. The molecular weight excluding hydrogens is 288 g/mol. The molecule has 1 aromatic heterocycles. The van der Waals surface area contributed by atoms with Gasteiger partial charge in [0, 0.05) is 26.4 Å². The molecule has 0 bridgehead atoms. The molecule has 0 aliphatic rings. The summed E-state index contributed by atoms with van der Waals surface area (Å²) in [5.74, 6) is -1.19. The number of methoxy groups -OCH3 is 1. The van der Waals surface area contributed by atoms with Crippen LogP contribution in [-0.2, 0) is 14.8 Å². The van der Waals surface area contributed by atoms with Crippen LogP contribution in [0.25, 0.3) is 0 Å². The highest BCUT2D eigenvalue weighted by atomic mass is 32.2. The van der Waals surface area contributed by atoms with Gasteiger partial charge in [0.15, 0.2) is 5.03 Å². The van der Waals surface area contributed by atoms with Gasteiger partial charge in [-0.3, -0.25) is 0 Å². The van der Waals surface area contributed by atoms with Crippen molar-refractivity contribution in [3.8, 4) is 0 Å². The number of pyridine rings is 1. The number of sulfonamides is 1. The first kappa shape index (κ1) is 16.5. The average molecular weight is 304 g/mol. The molecular formula is C11H16N2O6S. The number of nitrogens with zero attached hydrogens (tertiary/aromatic N) is 2. The first-order chi connectivity index (χ1) is 9.43. The number of hydrogen-bond acceptors (Lipinski definition) is 6. The van der Waals surface area contributed by atoms with Crippen molar-refractivity contribution in [1.82, 2.24) is 9.29 Å². The lowest BCUT2D eigenvalue weighted by atomic mass is 10.3. The van der Waals surface area contributed by atoms with Crippen LogP contribution in [0.1, 0.15) is 10.4 Å². The van der Waals surface area contributed by atoms with E-state index in [1.165, 1.54) is 7.11 Å². The zero-order valence-electron chi connectivity index (χ0n) is 10.9. The number of aromatic carboxylic acids is 1. The number of carboxylic acid groups (broad SMARTS) is 1. The molecule has 0 aliphatic carbocycles. The Bertz CT molecular complexity index is 543. The number of aliphatic hydroxyl groups excluding tert-OH is 1. The Morgan fingerprint density at radius 1 is 1.40 bits per heavy atom. The monoisotopic (exact) mass is 304 g/mol. The first-order valence-corrected chi connectivity index (χ1v) is 7.16. The standard InChI is InChI=1S/C11H16N2O6S/c1-19-7-5-13(4-6-14)20(17,18)10-3-2-9(8-12-10)11(15)16/h2-3,8,14H,4-7H2,1H3,(H,15,16). The van der Waals surface area contributed by atoms with Crippen LogP contribution in [0.4, 0.5) is 0 Å². The average Bonchev–Trinajstić information content (AvgIpc) is 2.43. The van der Waals surface area contributed by atoms with Gasteiger partial charge in [-0.15, -0.1) is 0 Å². The van der Waals surface area contributed by atoms with Crippen LogP contribution in [-0.4, -0.2) is 67.3 Å². The Kier molecular flexibility index (Phi) is 6.02. The molecule has 1 rings (SSSR count). The van der Waals surface area contributed by atoms with Gasteiger partial charge < -0.3 is 14.9 Å². The molecule has 112 valence electrons. The molecule has 0 unspecified atom stereocenters. The van der Waals surface area contributed by atoms with E-state index < -0.39 is 16.0 Å². The predicted molar refractivity (Wildman–Crippen MR) is 68.9 cm³/mol. The van der Waals surface area contributed by atoms with Crippen LogP contribution in [0, 0.1) is 0 Å². The van der Waals surface area contributed by atoms with Gasteiger partial charge >= 0.3 is 5.97 Å². The fourth-order valence-electron chi connectivity index (χ4n) is 1.45. The van der Waals surface area contributed by atoms with Crippen molar-refractivity contribution in [2.24, 2.45) is 0 Å². The minimum atomic E-state index is -3.89. The second-order valence-electron chi connectivity index (χ2n) is 3.81. The first-order valence-electron chi connectivity index (χ1n) is 5.72. The fourth-order valence-corrected chi connectivity index (χ4v) is 2.78. The molecule has 0 atom stereocenters. The third-order valence-corrected chi connectivity index (χ3v) is 4.30. The number of hydrogen-bond donors (Lipinski definition) is 2. The highest BCUT2D eigenvalue weighted by Gasteiger charge is 2.25. The maximum Gasteiger partial charge on any atom is 0.337 e. The second-order valence-corrected chi connectivity index (χ2v) is 5.70. The summed E-state index contributed by atoms with van der Waals surface area (Å²) in [5, 5.41) is 17.4. The smallest absolute Gasteiger partial charge is 0.337 e. The van der Waals surface area contributed by atoms with E-state index in [9.17, 15) is 13.2 Å². The van der Waals surface area contributed by atoms with Crippen LogP contribution >= 0.6 is 0 Å². The van der Waals surface area contributed by atoms with Crippen molar-refractivity contribution in [3.63, 3.8) is 0 Å². The summed E-state index contributed by atoms with van der Waals surface area (Å²) in [4.78, 5) is 14.3. The van der Waals surface area contributed by atoms with Gasteiger partial charge in [-0.2, -0.15) is 4.31 Å².